The molecule has 2 aromatic carbocycles. The number of nitrogens with zero attached hydrogens (tertiary/aromatic N) is 1. The number of benzene rings is 2. The maximum Gasteiger partial charge on any atom is 0.305 e. The van der Waals surface area contributed by atoms with Crippen molar-refractivity contribution in [1.29, 1.82) is 0 Å². The first-order valence-corrected chi connectivity index (χ1v) is 8.25. The molecule has 0 radical (unpaired) electrons. The fourth-order valence-electron chi connectivity index (χ4n) is 2.87. The molecule has 138 valence electrons. The fraction of sp³-hybridized carbons (Fsp3) is 0.167. The van der Waals surface area contributed by atoms with Crippen LogP contribution < -0.4 is 10.6 Å². The molecule has 2 N–H and O–H groups in total. The molecular formula is C18H14ClN3O5. The minimum absolute atomic E-state index is 0.140. The van der Waals surface area contributed by atoms with Crippen LogP contribution in [-0.2, 0) is 10.2 Å². The van der Waals surface area contributed by atoms with Crippen molar-refractivity contribution in [3.05, 3.63) is 68.2 Å². The summed E-state index contributed by atoms with van der Waals surface area (Å²) in [4.78, 5) is 47.7. The van der Waals surface area contributed by atoms with Crippen LogP contribution >= 0.6 is 11.6 Å². The summed E-state index contributed by atoms with van der Waals surface area (Å²) in [6, 6.07) is 8.72. The zero-order chi connectivity index (χ0) is 19.9. The van der Waals surface area contributed by atoms with Crippen molar-refractivity contribution >= 4 is 40.7 Å². The van der Waals surface area contributed by atoms with E-state index in [1.54, 1.807) is 13.8 Å². The largest absolute Gasteiger partial charge is 0.316 e. The van der Waals surface area contributed by atoms with Crippen LogP contribution in [0.3, 0.4) is 0 Å². The number of nitro benzene ring substituents is 1. The standard InChI is InChI=1S/C18H14ClN3O5/c1-18(2)11-7-8-12(20-15(23)9-3-5-10(19)6-4-9)14(22(26)27)13(11)16(24)21-17(18)25/h3-8H,1-2H3,(H,20,23)(H,21,24,25). The minimum Gasteiger partial charge on any atom is -0.316 e. The molecule has 27 heavy (non-hydrogen) atoms. The average molecular weight is 388 g/mol. The predicted octanol–water partition coefficient (Wildman–Crippen LogP) is 3.05. The summed E-state index contributed by atoms with van der Waals surface area (Å²) in [6.07, 6.45) is 0. The van der Waals surface area contributed by atoms with Crippen molar-refractivity contribution < 1.29 is 19.3 Å². The lowest BCUT2D eigenvalue weighted by Gasteiger charge is -2.30. The molecule has 0 aromatic heterocycles. The molecule has 1 aliphatic rings. The Hall–Kier alpha value is -3.26. The van der Waals surface area contributed by atoms with Gasteiger partial charge in [-0.25, -0.2) is 0 Å². The lowest BCUT2D eigenvalue weighted by atomic mass is 9.77. The highest BCUT2D eigenvalue weighted by atomic mass is 35.5. The number of imide groups is 1. The number of carbonyl (C=O) groups excluding carboxylic acids is 3. The van der Waals surface area contributed by atoms with Gasteiger partial charge in [0.25, 0.3) is 11.8 Å². The second-order valence-corrected chi connectivity index (χ2v) is 6.95. The van der Waals surface area contributed by atoms with Gasteiger partial charge in [-0.2, -0.15) is 0 Å². The molecule has 0 unspecified atom stereocenters. The summed E-state index contributed by atoms with van der Waals surface area (Å²) in [5.74, 6) is -2.02. The maximum atomic E-state index is 12.4. The zero-order valence-corrected chi connectivity index (χ0v) is 15.1. The molecule has 0 atom stereocenters. The Labute approximate surface area is 158 Å². The van der Waals surface area contributed by atoms with Crippen LogP contribution in [0.4, 0.5) is 11.4 Å². The van der Waals surface area contributed by atoms with E-state index in [0.717, 1.165) is 0 Å². The molecule has 0 aliphatic carbocycles. The second-order valence-electron chi connectivity index (χ2n) is 6.51. The molecule has 1 aliphatic heterocycles. The molecule has 2 aromatic rings. The molecule has 0 fully saturated rings. The summed E-state index contributed by atoms with van der Waals surface area (Å²) >= 11 is 5.78. The third-order valence-corrected chi connectivity index (χ3v) is 4.66. The third-order valence-electron chi connectivity index (χ3n) is 4.41. The van der Waals surface area contributed by atoms with Gasteiger partial charge in [0.15, 0.2) is 0 Å². The molecule has 3 amide bonds. The van der Waals surface area contributed by atoms with Crippen LogP contribution in [0.15, 0.2) is 36.4 Å². The van der Waals surface area contributed by atoms with E-state index in [9.17, 15) is 24.5 Å². The van der Waals surface area contributed by atoms with Crippen molar-refractivity contribution in [3.8, 4) is 0 Å². The highest BCUT2D eigenvalue weighted by Crippen LogP contribution is 2.39. The Morgan fingerprint density at radius 1 is 1.15 bits per heavy atom. The number of hydrogen-bond acceptors (Lipinski definition) is 5. The maximum absolute atomic E-state index is 12.4. The number of halogens is 1. The number of nitrogens with one attached hydrogen (secondary N) is 2. The first-order valence-electron chi connectivity index (χ1n) is 7.87. The van der Waals surface area contributed by atoms with Crippen LogP contribution in [0.25, 0.3) is 0 Å². The topological polar surface area (TPSA) is 118 Å². The highest BCUT2D eigenvalue weighted by molar-refractivity contribution is 6.30. The number of nitro groups is 1. The summed E-state index contributed by atoms with van der Waals surface area (Å²) < 4.78 is 0. The van der Waals surface area contributed by atoms with Crippen molar-refractivity contribution in [3.63, 3.8) is 0 Å². The van der Waals surface area contributed by atoms with Gasteiger partial charge < -0.3 is 5.32 Å². The third kappa shape index (κ3) is 3.15. The van der Waals surface area contributed by atoms with E-state index < -0.39 is 33.7 Å². The van der Waals surface area contributed by atoms with E-state index in [-0.39, 0.29) is 22.4 Å². The van der Waals surface area contributed by atoms with Gasteiger partial charge in [-0.3, -0.25) is 29.8 Å². The Kier molecular flexibility index (Phi) is 4.44. The first-order chi connectivity index (χ1) is 12.6. The van der Waals surface area contributed by atoms with Crippen LogP contribution in [-0.4, -0.2) is 22.6 Å². The summed E-state index contributed by atoms with van der Waals surface area (Å²) in [6.45, 7) is 3.12. The van der Waals surface area contributed by atoms with Crippen molar-refractivity contribution in [2.75, 3.05) is 5.32 Å². The lowest BCUT2D eigenvalue weighted by Crippen LogP contribution is -2.49. The van der Waals surface area contributed by atoms with Gasteiger partial charge in [0.1, 0.15) is 11.3 Å². The number of amides is 3. The number of carbonyl (C=O) groups is 3. The molecule has 0 spiro atoms. The second kappa shape index (κ2) is 6.48. The molecule has 0 saturated carbocycles. The molecule has 0 bridgehead atoms. The molecule has 1 heterocycles. The number of fused-ring (bicyclic) bond motifs is 1. The lowest BCUT2D eigenvalue weighted by molar-refractivity contribution is -0.384. The summed E-state index contributed by atoms with van der Waals surface area (Å²) in [7, 11) is 0. The van der Waals surface area contributed by atoms with Gasteiger partial charge >= 0.3 is 5.69 Å². The zero-order valence-electron chi connectivity index (χ0n) is 14.3. The Bertz CT molecular complexity index is 999. The number of rotatable bonds is 3. The van der Waals surface area contributed by atoms with E-state index in [1.807, 2.05) is 0 Å². The van der Waals surface area contributed by atoms with Crippen LogP contribution in [0.2, 0.25) is 5.02 Å². The van der Waals surface area contributed by atoms with Crippen LogP contribution in [0.5, 0.6) is 0 Å². The normalized spacial score (nSPS) is 14.9. The van der Waals surface area contributed by atoms with Gasteiger partial charge in [0, 0.05) is 10.6 Å². The Morgan fingerprint density at radius 3 is 2.37 bits per heavy atom. The van der Waals surface area contributed by atoms with Crippen LogP contribution in [0.1, 0.15) is 40.1 Å². The van der Waals surface area contributed by atoms with Crippen molar-refractivity contribution in [1.82, 2.24) is 5.32 Å². The Morgan fingerprint density at radius 2 is 1.78 bits per heavy atom. The molecule has 8 nitrogen and oxygen atoms in total. The molecule has 9 heteroatoms. The van der Waals surface area contributed by atoms with E-state index in [2.05, 4.69) is 10.6 Å². The summed E-state index contributed by atoms with van der Waals surface area (Å²) in [5, 5.41) is 16.7. The summed E-state index contributed by atoms with van der Waals surface area (Å²) in [5.41, 5.74) is -1.60. The fourth-order valence-corrected chi connectivity index (χ4v) is 3.00. The quantitative estimate of drug-likeness (QED) is 0.476. The smallest absolute Gasteiger partial charge is 0.305 e. The average Bonchev–Trinajstić information content (AvgIpc) is 2.60. The van der Waals surface area contributed by atoms with Crippen LogP contribution in [0, 0.1) is 10.1 Å². The van der Waals surface area contributed by atoms with Crippen molar-refractivity contribution in [2.45, 2.75) is 19.3 Å². The van der Waals surface area contributed by atoms with Gasteiger partial charge in [-0.05, 0) is 49.7 Å². The van der Waals surface area contributed by atoms with E-state index >= 15 is 0 Å². The van der Waals surface area contributed by atoms with E-state index in [1.165, 1.54) is 36.4 Å². The molecule has 3 rings (SSSR count). The highest BCUT2D eigenvalue weighted by Gasteiger charge is 2.44. The molecule has 0 saturated heterocycles. The van der Waals surface area contributed by atoms with E-state index in [4.69, 9.17) is 11.6 Å². The minimum atomic E-state index is -1.13. The van der Waals surface area contributed by atoms with Crippen molar-refractivity contribution in [2.24, 2.45) is 0 Å². The Balaban J connectivity index is 2.10. The van der Waals surface area contributed by atoms with Gasteiger partial charge in [0.2, 0.25) is 5.91 Å². The number of hydrogen-bond donors (Lipinski definition) is 2. The number of anilines is 1. The van der Waals surface area contributed by atoms with Gasteiger partial charge in [-0.15, -0.1) is 0 Å². The van der Waals surface area contributed by atoms with Gasteiger partial charge in [0.05, 0.1) is 10.3 Å². The monoisotopic (exact) mass is 387 g/mol. The molecular weight excluding hydrogens is 374 g/mol. The SMILES string of the molecule is CC1(C)C(=O)NC(=O)c2c1ccc(NC(=O)c1ccc(Cl)cc1)c2[N+](=O)[O-]. The predicted molar refractivity (Wildman–Crippen MR) is 98.0 cm³/mol. The first kappa shape index (κ1) is 18.5. The van der Waals surface area contributed by atoms with Gasteiger partial charge in [-0.1, -0.05) is 17.7 Å². The van der Waals surface area contributed by atoms with E-state index in [0.29, 0.717) is 5.02 Å².